The third-order valence-corrected chi connectivity index (χ3v) is 4.79. The van der Waals surface area contributed by atoms with E-state index in [4.69, 9.17) is 4.74 Å². The van der Waals surface area contributed by atoms with Crippen molar-refractivity contribution in [3.63, 3.8) is 0 Å². The number of carbonyl (C=O) groups excluding carboxylic acids is 1. The lowest BCUT2D eigenvalue weighted by Gasteiger charge is -2.25. The van der Waals surface area contributed by atoms with E-state index in [1.165, 1.54) is 17.3 Å². The van der Waals surface area contributed by atoms with E-state index in [2.05, 4.69) is 17.4 Å². The monoisotopic (exact) mass is 235 g/mol. The van der Waals surface area contributed by atoms with Crippen LogP contribution in [0.25, 0.3) is 0 Å². The highest BCUT2D eigenvalue weighted by molar-refractivity contribution is 8.15. The zero-order valence-electron chi connectivity index (χ0n) is 9.03. The Hall–Kier alpha value is -1.00. The van der Waals surface area contributed by atoms with Gasteiger partial charge in [-0.15, -0.1) is 0 Å². The third-order valence-electron chi connectivity index (χ3n) is 3.36. The molecule has 3 nitrogen and oxygen atoms in total. The average Bonchev–Trinajstić information content (AvgIpc) is 2.87. The molecule has 0 spiro atoms. The highest BCUT2D eigenvalue weighted by Gasteiger charge is 2.52. The van der Waals surface area contributed by atoms with Crippen LogP contribution in [0, 0.1) is 0 Å². The Labute approximate surface area is 98.6 Å². The second kappa shape index (κ2) is 3.50. The van der Waals surface area contributed by atoms with Gasteiger partial charge in [-0.2, -0.15) is 0 Å². The predicted octanol–water partition coefficient (Wildman–Crippen LogP) is 1.53. The normalized spacial score (nSPS) is 32.1. The van der Waals surface area contributed by atoms with E-state index in [1.807, 2.05) is 12.1 Å². The molecule has 84 valence electrons. The van der Waals surface area contributed by atoms with E-state index in [0.29, 0.717) is 0 Å². The van der Waals surface area contributed by atoms with Crippen LogP contribution in [0.2, 0.25) is 0 Å². The molecule has 2 saturated heterocycles. The second-order valence-corrected chi connectivity index (χ2v) is 5.67. The molecule has 0 radical (unpaired) electrons. The van der Waals surface area contributed by atoms with Gasteiger partial charge in [-0.25, -0.2) is 0 Å². The van der Waals surface area contributed by atoms with Crippen molar-refractivity contribution in [1.29, 1.82) is 0 Å². The quantitative estimate of drug-likeness (QED) is 0.843. The number of hydrogen-bond donors (Lipinski definition) is 1. The van der Waals surface area contributed by atoms with Gasteiger partial charge in [0.15, 0.2) is 0 Å². The smallest absolute Gasteiger partial charge is 0.206 e. The summed E-state index contributed by atoms with van der Waals surface area (Å²) in [4.78, 5) is 11.6. The summed E-state index contributed by atoms with van der Waals surface area (Å²) in [5, 5.41) is 3.55. The molecule has 2 unspecified atom stereocenters. The first-order chi connectivity index (χ1) is 7.73. The van der Waals surface area contributed by atoms with Crippen molar-refractivity contribution in [2.75, 3.05) is 13.7 Å². The Bertz CT molecular complexity index is 431. The molecule has 2 aliphatic rings. The first kappa shape index (κ1) is 10.2. The highest BCUT2D eigenvalue weighted by Crippen LogP contribution is 2.51. The van der Waals surface area contributed by atoms with Crippen LogP contribution < -0.4 is 10.1 Å². The van der Waals surface area contributed by atoms with E-state index in [1.54, 1.807) is 7.11 Å². The number of thioether (sulfide) groups is 1. The van der Waals surface area contributed by atoms with E-state index in [-0.39, 0.29) is 15.9 Å². The number of ether oxygens (including phenoxy) is 1. The van der Waals surface area contributed by atoms with Crippen LogP contribution in [0.4, 0.5) is 0 Å². The number of nitrogens with one attached hydrogen (secondary N) is 1. The first-order valence-electron chi connectivity index (χ1n) is 5.34. The van der Waals surface area contributed by atoms with Gasteiger partial charge in [-0.05, 0) is 24.1 Å². The van der Waals surface area contributed by atoms with Crippen LogP contribution in [0.15, 0.2) is 24.3 Å². The summed E-state index contributed by atoms with van der Waals surface area (Å²) in [7, 11) is 1.66. The Kier molecular flexibility index (Phi) is 2.23. The molecule has 1 aromatic carbocycles. The van der Waals surface area contributed by atoms with Crippen molar-refractivity contribution in [3.05, 3.63) is 29.8 Å². The zero-order chi connectivity index (χ0) is 11.2. The molecule has 4 heteroatoms. The minimum absolute atomic E-state index is 0.0337. The molecule has 2 aliphatic heterocycles. The minimum atomic E-state index is -0.0337. The number of benzene rings is 1. The lowest BCUT2D eigenvalue weighted by molar-refractivity contribution is -0.112. The van der Waals surface area contributed by atoms with E-state index in [0.717, 1.165) is 18.7 Å². The van der Waals surface area contributed by atoms with Crippen LogP contribution in [-0.4, -0.2) is 24.8 Å². The molecule has 16 heavy (non-hydrogen) atoms. The molecule has 2 fully saturated rings. The van der Waals surface area contributed by atoms with E-state index < -0.39 is 0 Å². The molecule has 1 N–H and O–H groups in total. The molecule has 2 bridgehead atoms. The van der Waals surface area contributed by atoms with Gasteiger partial charge >= 0.3 is 0 Å². The predicted molar refractivity (Wildman–Crippen MR) is 63.7 cm³/mol. The Morgan fingerprint density at radius 2 is 2.19 bits per heavy atom. The number of carbonyl (C=O) groups is 1. The standard InChI is InChI=1S/C12H13NO2S/c1-15-9-4-2-8(3-5-9)12-6-10(13-7-12)11(14)16-12/h2-5,10,13H,6-7H2,1H3. The fourth-order valence-corrected chi connectivity index (χ4v) is 3.80. The van der Waals surface area contributed by atoms with Crippen molar-refractivity contribution in [3.8, 4) is 5.75 Å². The molecule has 1 aromatic rings. The number of rotatable bonds is 2. The molecule has 0 aromatic heterocycles. The van der Waals surface area contributed by atoms with Crippen LogP contribution in [0.5, 0.6) is 5.75 Å². The Balaban J connectivity index is 1.94. The van der Waals surface area contributed by atoms with Crippen molar-refractivity contribution < 1.29 is 9.53 Å². The van der Waals surface area contributed by atoms with Gasteiger partial charge < -0.3 is 10.1 Å². The number of hydrogen-bond acceptors (Lipinski definition) is 4. The van der Waals surface area contributed by atoms with Gasteiger partial charge in [-0.3, -0.25) is 4.79 Å². The van der Waals surface area contributed by atoms with Crippen molar-refractivity contribution in [1.82, 2.24) is 5.32 Å². The first-order valence-corrected chi connectivity index (χ1v) is 6.16. The molecule has 2 atom stereocenters. The summed E-state index contributed by atoms with van der Waals surface area (Å²) in [5.74, 6) is 0.858. The summed E-state index contributed by atoms with van der Waals surface area (Å²) < 4.78 is 5.11. The molecule has 2 heterocycles. The fourth-order valence-electron chi connectivity index (χ4n) is 2.44. The largest absolute Gasteiger partial charge is 0.497 e. The summed E-state index contributed by atoms with van der Waals surface area (Å²) in [6.07, 6.45) is 0.919. The molecule has 3 rings (SSSR count). The lowest BCUT2D eigenvalue weighted by atomic mass is 9.96. The van der Waals surface area contributed by atoms with Gasteiger partial charge in [0.05, 0.1) is 17.9 Å². The minimum Gasteiger partial charge on any atom is -0.497 e. The van der Waals surface area contributed by atoms with Crippen LogP contribution >= 0.6 is 11.8 Å². The van der Waals surface area contributed by atoms with Crippen molar-refractivity contribution in [2.45, 2.75) is 17.2 Å². The van der Waals surface area contributed by atoms with Gasteiger partial charge in [0.1, 0.15) is 5.75 Å². The average molecular weight is 235 g/mol. The summed E-state index contributed by atoms with van der Waals surface area (Å²) in [6.45, 7) is 0.889. The highest BCUT2D eigenvalue weighted by atomic mass is 32.2. The number of fused-ring (bicyclic) bond motifs is 2. The third kappa shape index (κ3) is 1.37. The van der Waals surface area contributed by atoms with E-state index in [9.17, 15) is 4.79 Å². The van der Waals surface area contributed by atoms with Crippen molar-refractivity contribution >= 4 is 16.9 Å². The maximum absolute atomic E-state index is 11.6. The maximum Gasteiger partial charge on any atom is 0.206 e. The van der Waals surface area contributed by atoms with Crippen LogP contribution in [-0.2, 0) is 9.54 Å². The lowest BCUT2D eigenvalue weighted by Crippen LogP contribution is -2.34. The maximum atomic E-state index is 11.6. The second-order valence-electron chi connectivity index (χ2n) is 4.28. The SMILES string of the molecule is COc1ccc(C23CNC(C2)C(=O)S3)cc1. The van der Waals surface area contributed by atoms with Crippen LogP contribution in [0.3, 0.4) is 0 Å². The molecule has 0 amide bonds. The van der Waals surface area contributed by atoms with Gasteiger partial charge in [0.2, 0.25) is 5.12 Å². The van der Waals surface area contributed by atoms with Gasteiger partial charge in [0.25, 0.3) is 0 Å². The summed E-state index contributed by atoms with van der Waals surface area (Å²) >= 11 is 1.49. The summed E-state index contributed by atoms with van der Waals surface area (Å²) in [5.41, 5.74) is 1.22. The Morgan fingerprint density at radius 1 is 1.44 bits per heavy atom. The van der Waals surface area contributed by atoms with Crippen LogP contribution in [0.1, 0.15) is 12.0 Å². The number of methoxy groups -OCH3 is 1. The van der Waals surface area contributed by atoms with Gasteiger partial charge in [0, 0.05) is 6.54 Å². The zero-order valence-corrected chi connectivity index (χ0v) is 9.84. The molecular formula is C12H13NO2S. The van der Waals surface area contributed by atoms with E-state index >= 15 is 0 Å². The van der Waals surface area contributed by atoms with Crippen molar-refractivity contribution in [2.24, 2.45) is 0 Å². The molecular weight excluding hydrogens is 222 g/mol. The Morgan fingerprint density at radius 3 is 2.69 bits per heavy atom. The molecule has 0 aliphatic carbocycles. The molecule has 0 saturated carbocycles. The summed E-state index contributed by atoms with van der Waals surface area (Å²) in [6, 6.07) is 8.11. The topological polar surface area (TPSA) is 38.3 Å². The van der Waals surface area contributed by atoms with Gasteiger partial charge in [-0.1, -0.05) is 23.9 Å². The fraction of sp³-hybridized carbons (Fsp3) is 0.417.